The summed E-state index contributed by atoms with van der Waals surface area (Å²) in [4.78, 5) is 0. The summed E-state index contributed by atoms with van der Waals surface area (Å²) < 4.78 is 7.93. The van der Waals surface area contributed by atoms with Crippen LogP contribution in [-0.4, -0.2) is 4.57 Å². The van der Waals surface area contributed by atoms with Gasteiger partial charge in [0.05, 0.1) is 11.0 Å². The molecule has 8 aromatic rings. The number of rotatable bonds is 1. The highest BCUT2D eigenvalue weighted by atomic mass is 32.1. The van der Waals surface area contributed by atoms with E-state index in [9.17, 15) is 0 Å². The van der Waals surface area contributed by atoms with Crippen molar-refractivity contribution in [3.63, 3.8) is 0 Å². The zero-order valence-electron chi connectivity index (χ0n) is 17.6. The number of thiophene rings is 2. The highest BCUT2D eigenvalue weighted by molar-refractivity contribution is 7.30. The molecule has 154 valence electrons. The Hall–Kier alpha value is -3.66. The first-order chi connectivity index (χ1) is 16.4. The van der Waals surface area contributed by atoms with E-state index < -0.39 is 0 Å². The zero-order valence-corrected chi connectivity index (χ0v) is 19.2. The highest BCUT2D eigenvalue weighted by Crippen LogP contribution is 2.47. The van der Waals surface area contributed by atoms with Gasteiger partial charge in [0.1, 0.15) is 0 Å². The van der Waals surface area contributed by atoms with Gasteiger partial charge in [-0.25, -0.2) is 0 Å². The Bertz CT molecular complexity index is 2020. The van der Waals surface area contributed by atoms with Gasteiger partial charge in [0, 0.05) is 56.8 Å². The van der Waals surface area contributed by atoms with Gasteiger partial charge < -0.3 is 4.57 Å². The quantitative estimate of drug-likeness (QED) is 0.232. The molecule has 0 saturated carbocycles. The Morgan fingerprint density at radius 3 is 2.03 bits per heavy atom. The molecule has 0 aliphatic carbocycles. The number of benzene rings is 5. The molecule has 0 amide bonds. The number of nitrogens with zero attached hydrogens (tertiary/aromatic N) is 1. The Morgan fingerprint density at radius 2 is 1.12 bits per heavy atom. The van der Waals surface area contributed by atoms with Crippen LogP contribution in [0.2, 0.25) is 0 Å². The molecule has 5 aromatic carbocycles. The first-order valence-corrected chi connectivity index (χ1v) is 12.8. The molecule has 1 nitrogen and oxygen atoms in total. The van der Waals surface area contributed by atoms with Crippen LogP contribution in [-0.2, 0) is 0 Å². The molecule has 8 rings (SSSR count). The fraction of sp³-hybridized carbons (Fsp3) is 0. The summed E-state index contributed by atoms with van der Waals surface area (Å²) in [5.74, 6) is 0. The number of para-hydroxylation sites is 2. The van der Waals surface area contributed by atoms with E-state index in [1.807, 2.05) is 22.7 Å². The van der Waals surface area contributed by atoms with Crippen molar-refractivity contribution in [3.8, 4) is 5.69 Å². The van der Waals surface area contributed by atoms with E-state index in [4.69, 9.17) is 0 Å². The largest absolute Gasteiger partial charge is 0.309 e. The minimum atomic E-state index is 1.20. The smallest absolute Gasteiger partial charge is 0.0555 e. The summed E-state index contributed by atoms with van der Waals surface area (Å²) in [7, 11) is 0. The van der Waals surface area contributed by atoms with E-state index in [2.05, 4.69) is 108 Å². The molecule has 0 aliphatic rings. The van der Waals surface area contributed by atoms with Gasteiger partial charge in [0.25, 0.3) is 0 Å². The SMILES string of the molecule is c1ccc(-n2c3ccccc3c3c4sc5ccc6c7ccccc7sc6c5c4ccc32)cc1. The van der Waals surface area contributed by atoms with Crippen molar-refractivity contribution in [2.75, 3.05) is 0 Å². The summed E-state index contributed by atoms with van der Waals surface area (Å²) in [5.41, 5.74) is 3.74. The van der Waals surface area contributed by atoms with Crippen molar-refractivity contribution in [2.45, 2.75) is 0 Å². The molecule has 0 fully saturated rings. The maximum absolute atomic E-state index is 2.41. The van der Waals surface area contributed by atoms with E-state index in [0.29, 0.717) is 0 Å². The third-order valence-corrected chi connectivity index (χ3v) is 9.19. The number of aromatic nitrogens is 1. The fourth-order valence-electron chi connectivity index (χ4n) is 5.41. The molecule has 3 heteroatoms. The van der Waals surface area contributed by atoms with Crippen molar-refractivity contribution >= 4 is 84.8 Å². The van der Waals surface area contributed by atoms with Crippen LogP contribution in [0.4, 0.5) is 0 Å². The van der Waals surface area contributed by atoms with Gasteiger partial charge >= 0.3 is 0 Å². The van der Waals surface area contributed by atoms with Crippen molar-refractivity contribution < 1.29 is 0 Å². The van der Waals surface area contributed by atoms with E-state index in [0.717, 1.165) is 0 Å². The van der Waals surface area contributed by atoms with E-state index in [1.165, 1.54) is 67.8 Å². The summed E-state index contributed by atoms with van der Waals surface area (Å²) >= 11 is 3.86. The lowest BCUT2D eigenvalue weighted by Crippen LogP contribution is -1.92. The minimum absolute atomic E-state index is 1.20. The van der Waals surface area contributed by atoms with Crippen molar-refractivity contribution in [1.29, 1.82) is 0 Å². The van der Waals surface area contributed by atoms with Crippen LogP contribution in [0.1, 0.15) is 0 Å². The molecule has 0 radical (unpaired) electrons. The van der Waals surface area contributed by atoms with Crippen LogP contribution in [0.3, 0.4) is 0 Å². The lowest BCUT2D eigenvalue weighted by atomic mass is 10.1. The second-order valence-corrected chi connectivity index (χ2v) is 10.6. The van der Waals surface area contributed by atoms with Crippen molar-refractivity contribution in [1.82, 2.24) is 4.57 Å². The minimum Gasteiger partial charge on any atom is -0.309 e. The van der Waals surface area contributed by atoms with Crippen molar-refractivity contribution in [3.05, 3.63) is 103 Å². The topological polar surface area (TPSA) is 4.93 Å². The Balaban J connectivity index is 1.59. The van der Waals surface area contributed by atoms with Crippen LogP contribution >= 0.6 is 22.7 Å². The predicted molar refractivity (Wildman–Crippen MR) is 147 cm³/mol. The normalized spacial score (nSPS) is 12.2. The lowest BCUT2D eigenvalue weighted by molar-refractivity contribution is 1.18. The summed E-state index contributed by atoms with van der Waals surface area (Å²) in [6, 6.07) is 37.6. The second-order valence-electron chi connectivity index (χ2n) is 8.54. The maximum Gasteiger partial charge on any atom is 0.0555 e. The molecule has 3 heterocycles. The van der Waals surface area contributed by atoms with Crippen LogP contribution in [0.25, 0.3) is 67.8 Å². The molecule has 0 saturated heterocycles. The van der Waals surface area contributed by atoms with Gasteiger partial charge in [-0.05, 0) is 36.4 Å². The predicted octanol–water partition coefficient (Wildman–Crippen LogP) is 9.52. The first-order valence-electron chi connectivity index (χ1n) is 11.1. The van der Waals surface area contributed by atoms with Crippen LogP contribution in [0.15, 0.2) is 103 Å². The van der Waals surface area contributed by atoms with Gasteiger partial charge in [-0.15, -0.1) is 22.7 Å². The molecule has 0 unspecified atom stereocenters. The Morgan fingerprint density at radius 1 is 0.424 bits per heavy atom. The van der Waals surface area contributed by atoms with Gasteiger partial charge in [-0.3, -0.25) is 0 Å². The summed E-state index contributed by atoms with van der Waals surface area (Å²) in [5, 5.41) is 8.20. The Labute approximate surface area is 197 Å². The summed E-state index contributed by atoms with van der Waals surface area (Å²) in [6.45, 7) is 0. The molecule has 3 aromatic heterocycles. The monoisotopic (exact) mass is 455 g/mol. The maximum atomic E-state index is 2.41. The van der Waals surface area contributed by atoms with Gasteiger partial charge in [-0.2, -0.15) is 0 Å². The summed E-state index contributed by atoms with van der Waals surface area (Å²) in [6.07, 6.45) is 0. The van der Waals surface area contributed by atoms with E-state index in [-0.39, 0.29) is 0 Å². The molecule has 0 N–H and O–H groups in total. The highest BCUT2D eigenvalue weighted by Gasteiger charge is 2.19. The Kier molecular flexibility index (Phi) is 3.48. The lowest BCUT2D eigenvalue weighted by Gasteiger charge is -2.07. The van der Waals surface area contributed by atoms with Gasteiger partial charge in [-0.1, -0.05) is 66.7 Å². The first kappa shape index (κ1) is 17.8. The fourth-order valence-corrected chi connectivity index (χ4v) is 8.00. The van der Waals surface area contributed by atoms with E-state index >= 15 is 0 Å². The number of hydrogen-bond acceptors (Lipinski definition) is 2. The molecular weight excluding hydrogens is 438 g/mol. The van der Waals surface area contributed by atoms with Gasteiger partial charge in [0.2, 0.25) is 0 Å². The number of fused-ring (bicyclic) bond motifs is 11. The molecule has 0 aliphatic heterocycles. The zero-order chi connectivity index (χ0) is 21.5. The third-order valence-electron chi connectivity index (χ3n) is 6.80. The van der Waals surface area contributed by atoms with Crippen molar-refractivity contribution in [2.24, 2.45) is 0 Å². The average molecular weight is 456 g/mol. The molecular formula is C30H17NS2. The standard InChI is InChI=1S/C30H17NS2/c1-2-8-18(9-3-1)31-23-12-6-4-11-21(23)27-24(31)16-14-22-28-26(33-30(22)27)17-15-20-19-10-5-7-13-25(19)32-29(20)28/h1-17H. The van der Waals surface area contributed by atoms with Gasteiger partial charge in [0.15, 0.2) is 0 Å². The second kappa shape index (κ2) is 6.44. The molecule has 33 heavy (non-hydrogen) atoms. The molecule has 0 atom stereocenters. The van der Waals surface area contributed by atoms with Crippen LogP contribution in [0, 0.1) is 0 Å². The average Bonchev–Trinajstić information content (AvgIpc) is 3.53. The van der Waals surface area contributed by atoms with Crippen LogP contribution in [0.5, 0.6) is 0 Å². The van der Waals surface area contributed by atoms with E-state index in [1.54, 1.807) is 0 Å². The number of hydrogen-bond donors (Lipinski definition) is 0. The third kappa shape index (κ3) is 2.31. The molecule has 0 spiro atoms. The van der Waals surface area contributed by atoms with Crippen LogP contribution < -0.4 is 0 Å². The molecule has 0 bridgehead atoms.